The molecule has 1 fully saturated rings. The number of aromatic nitrogens is 2. The molecule has 3 aromatic rings. The van der Waals surface area contributed by atoms with Crippen molar-refractivity contribution in [2.75, 3.05) is 6.61 Å². The fraction of sp³-hybridized carbons (Fsp3) is 0.217. The summed E-state index contributed by atoms with van der Waals surface area (Å²) in [5, 5.41) is 14.6. The number of rotatable bonds is 7. The fourth-order valence-electron chi connectivity index (χ4n) is 3.62. The van der Waals surface area contributed by atoms with E-state index in [1.54, 1.807) is 36.4 Å². The summed E-state index contributed by atoms with van der Waals surface area (Å²) in [5.74, 6) is -1.68. The average molecular weight is 493 g/mol. The van der Waals surface area contributed by atoms with Gasteiger partial charge >= 0.3 is 17.6 Å². The zero-order valence-corrected chi connectivity index (χ0v) is 18.5. The number of carbonyl (C=O) groups is 2. The van der Waals surface area contributed by atoms with Gasteiger partial charge in [0, 0.05) is 17.2 Å². The van der Waals surface area contributed by atoms with Crippen LogP contribution in [0.4, 0.5) is 0 Å². The molecule has 13 nitrogen and oxygen atoms in total. The van der Waals surface area contributed by atoms with E-state index in [2.05, 4.69) is 10.0 Å². The van der Waals surface area contributed by atoms with E-state index in [1.165, 1.54) is 24.3 Å². The Labute approximate surface area is 202 Å². The topological polar surface area (TPSA) is 186 Å². The molecule has 1 unspecified atom stereocenters. The highest BCUT2D eigenvalue weighted by Gasteiger charge is 2.58. The van der Waals surface area contributed by atoms with Crippen LogP contribution < -0.4 is 11.2 Å². The monoisotopic (exact) mass is 493 g/mol. The van der Waals surface area contributed by atoms with Gasteiger partial charge in [0.2, 0.25) is 5.72 Å². The van der Waals surface area contributed by atoms with E-state index in [-0.39, 0.29) is 11.1 Å². The number of aromatic amines is 1. The maximum absolute atomic E-state index is 12.8. The van der Waals surface area contributed by atoms with Gasteiger partial charge in [-0.15, -0.1) is 0 Å². The molecule has 2 aromatic carbocycles. The molecule has 2 N–H and O–H groups in total. The molecule has 36 heavy (non-hydrogen) atoms. The summed E-state index contributed by atoms with van der Waals surface area (Å²) in [5.41, 5.74) is 5.58. The summed E-state index contributed by atoms with van der Waals surface area (Å²) in [6.07, 6.45) is -3.99. The molecule has 0 aliphatic carbocycles. The minimum absolute atomic E-state index is 0.133. The molecule has 13 heteroatoms. The van der Waals surface area contributed by atoms with Crippen molar-refractivity contribution in [3.05, 3.63) is 115 Å². The predicted octanol–water partition coefficient (Wildman–Crippen LogP) is 1.52. The Morgan fingerprint density at radius 2 is 1.67 bits per heavy atom. The predicted molar refractivity (Wildman–Crippen MR) is 122 cm³/mol. The Morgan fingerprint density at radius 1 is 1.06 bits per heavy atom. The molecule has 2 heterocycles. The van der Waals surface area contributed by atoms with Crippen LogP contribution in [0.2, 0.25) is 0 Å². The van der Waals surface area contributed by atoms with E-state index < -0.39 is 54.0 Å². The number of ether oxygens (including phenoxy) is 3. The van der Waals surface area contributed by atoms with Gasteiger partial charge in [0.05, 0.1) is 11.1 Å². The number of hydrogen-bond donors (Lipinski definition) is 2. The molecule has 4 rings (SSSR count). The van der Waals surface area contributed by atoms with E-state index >= 15 is 0 Å². The van der Waals surface area contributed by atoms with Gasteiger partial charge in [-0.25, -0.2) is 14.4 Å². The molecule has 1 aliphatic heterocycles. The van der Waals surface area contributed by atoms with Crippen molar-refractivity contribution in [1.82, 2.24) is 9.55 Å². The number of esters is 2. The first-order valence-electron chi connectivity index (χ1n) is 10.6. The second kappa shape index (κ2) is 10.3. The lowest BCUT2D eigenvalue weighted by molar-refractivity contribution is -0.127. The van der Waals surface area contributed by atoms with Crippen molar-refractivity contribution in [2.24, 2.45) is 5.11 Å². The average Bonchev–Trinajstić information content (AvgIpc) is 3.15. The van der Waals surface area contributed by atoms with Gasteiger partial charge in [-0.2, -0.15) is 0 Å². The Hall–Kier alpha value is -4.71. The highest BCUT2D eigenvalue weighted by Crippen LogP contribution is 2.40. The molecule has 1 aromatic heterocycles. The van der Waals surface area contributed by atoms with Gasteiger partial charge in [0.1, 0.15) is 12.7 Å². The van der Waals surface area contributed by atoms with Gasteiger partial charge in [-0.3, -0.25) is 14.3 Å². The van der Waals surface area contributed by atoms with Crippen LogP contribution in [0.3, 0.4) is 0 Å². The lowest BCUT2D eigenvalue weighted by Gasteiger charge is -2.26. The molecule has 1 aliphatic rings. The molecule has 0 saturated carbocycles. The van der Waals surface area contributed by atoms with E-state index in [4.69, 9.17) is 14.2 Å². The Morgan fingerprint density at radius 3 is 2.25 bits per heavy atom. The first kappa shape index (κ1) is 24.4. The molecule has 0 amide bonds. The zero-order chi connectivity index (χ0) is 25.7. The third-order valence-corrected chi connectivity index (χ3v) is 5.39. The third-order valence-electron chi connectivity index (χ3n) is 5.39. The lowest BCUT2D eigenvalue weighted by atomic mass is 10.1. The minimum Gasteiger partial charge on any atom is -0.459 e. The van der Waals surface area contributed by atoms with Crippen LogP contribution in [-0.4, -0.2) is 51.1 Å². The normalized spacial score (nSPS) is 22.9. The van der Waals surface area contributed by atoms with Crippen molar-refractivity contribution >= 4 is 11.9 Å². The van der Waals surface area contributed by atoms with Gasteiger partial charge in [-0.1, -0.05) is 41.5 Å². The molecule has 1 saturated heterocycles. The second-order valence-corrected chi connectivity index (χ2v) is 7.68. The largest absolute Gasteiger partial charge is 0.459 e. The number of benzene rings is 2. The molecule has 184 valence electrons. The summed E-state index contributed by atoms with van der Waals surface area (Å²) in [7, 11) is 0. The van der Waals surface area contributed by atoms with Gasteiger partial charge < -0.3 is 19.3 Å². The number of H-pyrrole nitrogens is 1. The smallest absolute Gasteiger partial charge is 0.338 e. The lowest BCUT2D eigenvalue weighted by Crippen LogP contribution is -2.46. The number of carbonyl (C=O) groups excluding carboxylic acids is 2. The quantitative estimate of drug-likeness (QED) is 0.214. The minimum atomic E-state index is -2.28. The number of hydrogen-bond acceptors (Lipinski definition) is 9. The molecule has 0 radical (unpaired) electrons. The van der Waals surface area contributed by atoms with Crippen LogP contribution in [0.15, 0.2) is 87.6 Å². The number of nitrogens with one attached hydrogen (secondary N) is 1. The first-order valence-corrected chi connectivity index (χ1v) is 10.6. The van der Waals surface area contributed by atoms with Crippen molar-refractivity contribution < 1.29 is 28.9 Å². The summed E-state index contributed by atoms with van der Waals surface area (Å²) in [4.78, 5) is 54.0. The molecule has 0 spiro atoms. The molecule has 4 atom stereocenters. The second-order valence-electron chi connectivity index (χ2n) is 7.68. The Bertz CT molecular complexity index is 1420. The molecular formula is C23H19N5O8. The summed E-state index contributed by atoms with van der Waals surface area (Å²) < 4.78 is 17.3. The molecule has 0 bridgehead atoms. The van der Waals surface area contributed by atoms with Gasteiger partial charge in [0.25, 0.3) is 5.56 Å². The number of aliphatic hydroxyl groups excluding tert-OH is 1. The van der Waals surface area contributed by atoms with Crippen LogP contribution >= 0.6 is 0 Å². The Balaban J connectivity index is 1.69. The third kappa shape index (κ3) is 4.88. The van der Waals surface area contributed by atoms with Crippen LogP contribution in [0.5, 0.6) is 0 Å². The number of nitrogens with zero attached hydrogens (tertiary/aromatic N) is 4. The van der Waals surface area contributed by atoms with E-state index in [9.17, 15) is 29.8 Å². The summed E-state index contributed by atoms with van der Waals surface area (Å²) in [6.45, 7) is -0.778. The van der Waals surface area contributed by atoms with Crippen LogP contribution in [0, 0.1) is 0 Å². The standard InChI is InChI=1S/C23H19N5O8/c24-27-26-23(13-34-20(31)14-7-3-1-4-8-14)18(30)17(35-21(32)15-9-5-2-6-10-15)19(36-23)28-12-11-16(29)25-22(28)33/h1-12,17-19,30H,13H2,(H,25,29,33)/t17-,18+,19?,23-/m1/s1. The highest BCUT2D eigenvalue weighted by molar-refractivity contribution is 5.90. The van der Waals surface area contributed by atoms with Gasteiger partial charge in [0.15, 0.2) is 12.3 Å². The zero-order valence-electron chi connectivity index (χ0n) is 18.5. The van der Waals surface area contributed by atoms with Gasteiger partial charge in [-0.05, 0) is 29.8 Å². The SMILES string of the molecule is [N-]=[N+]=N[C@]1(COC(=O)c2ccccc2)OC(n2ccc(=O)[nH]c2=O)[C@H](OC(=O)c2ccccc2)[C@@H]1O. The van der Waals surface area contributed by atoms with Crippen LogP contribution in [0.25, 0.3) is 10.4 Å². The maximum Gasteiger partial charge on any atom is 0.338 e. The highest BCUT2D eigenvalue weighted by atomic mass is 16.6. The summed E-state index contributed by atoms with van der Waals surface area (Å²) >= 11 is 0. The first-order chi connectivity index (χ1) is 17.3. The van der Waals surface area contributed by atoms with Crippen molar-refractivity contribution in [2.45, 2.75) is 24.2 Å². The maximum atomic E-state index is 12.8. The van der Waals surface area contributed by atoms with E-state index in [0.29, 0.717) is 0 Å². The fourth-order valence-corrected chi connectivity index (χ4v) is 3.62. The van der Waals surface area contributed by atoms with E-state index in [1.807, 2.05) is 4.98 Å². The Kier molecular flexibility index (Phi) is 6.97. The molecular weight excluding hydrogens is 474 g/mol. The van der Waals surface area contributed by atoms with Crippen molar-refractivity contribution in [3.8, 4) is 0 Å². The van der Waals surface area contributed by atoms with Crippen molar-refractivity contribution in [1.29, 1.82) is 0 Å². The van der Waals surface area contributed by atoms with E-state index in [0.717, 1.165) is 16.8 Å². The van der Waals surface area contributed by atoms with Crippen molar-refractivity contribution in [3.63, 3.8) is 0 Å². The summed E-state index contributed by atoms with van der Waals surface area (Å²) in [6, 6.07) is 16.7. The number of azide groups is 1. The number of aliphatic hydroxyl groups is 1. The van der Waals surface area contributed by atoms with Crippen LogP contribution in [0.1, 0.15) is 26.9 Å². The van der Waals surface area contributed by atoms with Crippen LogP contribution in [-0.2, 0) is 14.2 Å².